The van der Waals surface area contributed by atoms with Gasteiger partial charge in [-0.15, -0.1) is 11.3 Å². The molecule has 0 aliphatic carbocycles. The first kappa shape index (κ1) is 16.6. The molecule has 0 bridgehead atoms. The molecule has 2 unspecified atom stereocenters. The zero-order valence-electron chi connectivity index (χ0n) is 12.1. The summed E-state index contributed by atoms with van der Waals surface area (Å²) in [6, 6.07) is 6.48. The first-order valence-electron chi connectivity index (χ1n) is 6.92. The number of hydrogen-bond acceptors (Lipinski definition) is 3. The van der Waals surface area contributed by atoms with E-state index in [1.807, 2.05) is 17.5 Å². The van der Waals surface area contributed by atoms with Crippen molar-refractivity contribution in [2.45, 2.75) is 31.9 Å². The van der Waals surface area contributed by atoms with E-state index in [0.29, 0.717) is 12.8 Å². The summed E-state index contributed by atoms with van der Waals surface area (Å²) in [6.07, 6.45) is -0.145. The van der Waals surface area contributed by atoms with Crippen LogP contribution in [-0.4, -0.2) is 17.1 Å². The van der Waals surface area contributed by atoms with E-state index >= 15 is 0 Å². The van der Waals surface area contributed by atoms with Crippen molar-refractivity contribution in [3.05, 3.63) is 57.8 Å². The SMILES string of the molecule is CC(NC(=O)CCc1cccs1)C(O)c1ccc(F)c(F)c1. The number of halogens is 2. The fraction of sp³-hybridized carbons (Fsp3) is 0.312. The maximum atomic E-state index is 13.2. The van der Waals surface area contributed by atoms with Crippen molar-refractivity contribution in [2.24, 2.45) is 0 Å². The van der Waals surface area contributed by atoms with Gasteiger partial charge in [0.15, 0.2) is 11.6 Å². The van der Waals surface area contributed by atoms with Gasteiger partial charge in [-0.3, -0.25) is 4.79 Å². The monoisotopic (exact) mass is 325 g/mol. The molecular formula is C16H17F2NO2S. The fourth-order valence-corrected chi connectivity index (χ4v) is 2.79. The average Bonchev–Trinajstić information content (AvgIpc) is 3.00. The quantitative estimate of drug-likeness (QED) is 0.857. The highest BCUT2D eigenvalue weighted by atomic mass is 32.1. The highest BCUT2D eigenvalue weighted by Gasteiger charge is 2.19. The highest BCUT2D eigenvalue weighted by Crippen LogP contribution is 2.19. The van der Waals surface area contributed by atoms with Crippen LogP contribution in [0.5, 0.6) is 0 Å². The van der Waals surface area contributed by atoms with Crippen LogP contribution in [0.4, 0.5) is 8.78 Å². The molecule has 6 heteroatoms. The van der Waals surface area contributed by atoms with Crippen molar-refractivity contribution in [2.75, 3.05) is 0 Å². The minimum atomic E-state index is -1.10. The number of hydrogen-bond donors (Lipinski definition) is 2. The number of rotatable bonds is 6. The second-order valence-corrected chi connectivity index (χ2v) is 6.09. The Labute approximate surface area is 131 Å². The molecule has 0 aliphatic heterocycles. The second kappa shape index (κ2) is 7.47. The van der Waals surface area contributed by atoms with Gasteiger partial charge in [-0.25, -0.2) is 8.78 Å². The van der Waals surface area contributed by atoms with Gasteiger partial charge in [-0.2, -0.15) is 0 Å². The lowest BCUT2D eigenvalue weighted by atomic mass is 10.0. The Morgan fingerprint density at radius 2 is 2.09 bits per heavy atom. The highest BCUT2D eigenvalue weighted by molar-refractivity contribution is 7.09. The van der Waals surface area contributed by atoms with Gasteiger partial charge in [-0.05, 0) is 42.5 Å². The molecule has 0 radical (unpaired) electrons. The largest absolute Gasteiger partial charge is 0.386 e. The summed E-state index contributed by atoms with van der Waals surface area (Å²) in [5.74, 6) is -2.18. The molecule has 22 heavy (non-hydrogen) atoms. The Bertz CT molecular complexity index is 631. The van der Waals surface area contributed by atoms with Crippen molar-refractivity contribution >= 4 is 17.2 Å². The maximum absolute atomic E-state index is 13.2. The number of aryl methyl sites for hydroxylation is 1. The van der Waals surface area contributed by atoms with Crippen molar-refractivity contribution in [1.82, 2.24) is 5.32 Å². The predicted octanol–water partition coefficient (Wildman–Crippen LogP) is 3.20. The topological polar surface area (TPSA) is 49.3 Å². The third-order valence-corrected chi connectivity index (χ3v) is 4.26. The van der Waals surface area contributed by atoms with E-state index in [-0.39, 0.29) is 11.5 Å². The van der Waals surface area contributed by atoms with Gasteiger partial charge in [-0.1, -0.05) is 12.1 Å². The summed E-state index contributed by atoms with van der Waals surface area (Å²) in [5.41, 5.74) is 0.227. The first-order valence-corrected chi connectivity index (χ1v) is 7.80. The molecule has 2 atom stereocenters. The normalized spacial score (nSPS) is 13.6. The Kier molecular flexibility index (Phi) is 5.63. The third-order valence-electron chi connectivity index (χ3n) is 3.33. The summed E-state index contributed by atoms with van der Waals surface area (Å²) in [5, 5.41) is 14.7. The molecule has 1 heterocycles. The van der Waals surface area contributed by atoms with Crippen molar-refractivity contribution in [3.8, 4) is 0 Å². The average molecular weight is 325 g/mol. The van der Waals surface area contributed by atoms with Crippen molar-refractivity contribution in [1.29, 1.82) is 0 Å². The van der Waals surface area contributed by atoms with Crippen LogP contribution in [-0.2, 0) is 11.2 Å². The molecule has 2 aromatic rings. The van der Waals surface area contributed by atoms with E-state index in [9.17, 15) is 18.7 Å². The van der Waals surface area contributed by atoms with Crippen LogP contribution in [0.25, 0.3) is 0 Å². The predicted molar refractivity (Wildman–Crippen MR) is 81.6 cm³/mol. The van der Waals surface area contributed by atoms with Crippen LogP contribution in [0, 0.1) is 11.6 Å². The zero-order valence-corrected chi connectivity index (χ0v) is 12.9. The first-order chi connectivity index (χ1) is 10.5. The number of carbonyl (C=O) groups excluding carboxylic acids is 1. The molecular weight excluding hydrogens is 308 g/mol. The number of benzene rings is 1. The lowest BCUT2D eigenvalue weighted by Crippen LogP contribution is -2.37. The van der Waals surface area contributed by atoms with E-state index in [1.165, 1.54) is 6.07 Å². The van der Waals surface area contributed by atoms with Crippen molar-refractivity contribution in [3.63, 3.8) is 0 Å². The minimum Gasteiger partial charge on any atom is -0.386 e. The Morgan fingerprint density at radius 3 is 2.73 bits per heavy atom. The number of aliphatic hydroxyl groups is 1. The minimum absolute atomic E-state index is 0.192. The molecule has 1 aromatic heterocycles. The summed E-state index contributed by atoms with van der Waals surface area (Å²) in [7, 11) is 0. The number of nitrogens with one attached hydrogen (secondary N) is 1. The van der Waals surface area contributed by atoms with E-state index in [2.05, 4.69) is 5.32 Å². The van der Waals surface area contributed by atoms with Gasteiger partial charge in [0.25, 0.3) is 0 Å². The van der Waals surface area contributed by atoms with Gasteiger partial charge in [0, 0.05) is 11.3 Å². The Morgan fingerprint density at radius 1 is 1.32 bits per heavy atom. The summed E-state index contributed by atoms with van der Waals surface area (Å²) in [4.78, 5) is 13.0. The molecule has 0 spiro atoms. The van der Waals surface area contributed by atoms with Gasteiger partial charge >= 0.3 is 0 Å². The summed E-state index contributed by atoms with van der Waals surface area (Å²) >= 11 is 1.58. The van der Waals surface area contributed by atoms with E-state index in [1.54, 1.807) is 18.3 Å². The lowest BCUT2D eigenvalue weighted by molar-refractivity contribution is -0.122. The molecule has 3 nitrogen and oxygen atoms in total. The van der Waals surface area contributed by atoms with E-state index < -0.39 is 23.8 Å². The number of amides is 1. The molecule has 0 fully saturated rings. The standard InChI is InChI=1S/C16H17F2NO2S/c1-10(16(21)11-4-6-13(17)14(18)9-11)19-15(20)7-5-12-3-2-8-22-12/h2-4,6,8-10,16,21H,5,7H2,1H3,(H,19,20). The summed E-state index contributed by atoms with van der Waals surface area (Å²) in [6.45, 7) is 1.62. The molecule has 1 aromatic carbocycles. The van der Waals surface area contributed by atoms with Crippen LogP contribution in [0.2, 0.25) is 0 Å². The third kappa shape index (κ3) is 4.35. The molecule has 0 saturated carbocycles. The van der Waals surface area contributed by atoms with Gasteiger partial charge < -0.3 is 10.4 Å². The van der Waals surface area contributed by atoms with Crippen LogP contribution in [0.15, 0.2) is 35.7 Å². The van der Waals surface area contributed by atoms with Crippen LogP contribution >= 0.6 is 11.3 Å². The van der Waals surface area contributed by atoms with Crippen molar-refractivity contribution < 1.29 is 18.7 Å². The number of aliphatic hydroxyl groups excluding tert-OH is 1. The Balaban J connectivity index is 1.88. The van der Waals surface area contributed by atoms with Crippen LogP contribution in [0.1, 0.15) is 29.9 Å². The number of thiophene rings is 1. The molecule has 1 amide bonds. The van der Waals surface area contributed by atoms with Gasteiger partial charge in [0.05, 0.1) is 12.1 Å². The second-order valence-electron chi connectivity index (χ2n) is 5.05. The van der Waals surface area contributed by atoms with Gasteiger partial charge in [0.1, 0.15) is 0 Å². The van der Waals surface area contributed by atoms with E-state index in [0.717, 1.165) is 17.0 Å². The zero-order chi connectivity index (χ0) is 16.1. The molecule has 2 rings (SSSR count). The Hall–Kier alpha value is -1.79. The van der Waals surface area contributed by atoms with Crippen LogP contribution < -0.4 is 5.32 Å². The maximum Gasteiger partial charge on any atom is 0.220 e. The fourth-order valence-electron chi connectivity index (χ4n) is 2.08. The van der Waals surface area contributed by atoms with E-state index in [4.69, 9.17) is 0 Å². The molecule has 0 saturated heterocycles. The van der Waals surface area contributed by atoms with Crippen LogP contribution in [0.3, 0.4) is 0 Å². The molecule has 0 aliphatic rings. The molecule has 2 N–H and O–H groups in total. The smallest absolute Gasteiger partial charge is 0.220 e. The lowest BCUT2D eigenvalue weighted by Gasteiger charge is -2.20. The number of carbonyl (C=O) groups is 1. The van der Waals surface area contributed by atoms with Gasteiger partial charge in [0.2, 0.25) is 5.91 Å². The molecule has 118 valence electrons. The summed E-state index contributed by atoms with van der Waals surface area (Å²) < 4.78 is 26.1.